The van der Waals surface area contributed by atoms with Crippen LogP contribution >= 0.6 is 0 Å². The summed E-state index contributed by atoms with van der Waals surface area (Å²) in [5.41, 5.74) is 6.12. The van der Waals surface area contributed by atoms with Crippen molar-refractivity contribution in [3.05, 3.63) is 57.5 Å². The lowest BCUT2D eigenvalue weighted by Crippen LogP contribution is -2.49. The minimum atomic E-state index is -0.0101. The molecule has 1 saturated heterocycles. The number of nitrogens with one attached hydrogen (secondary N) is 1. The Morgan fingerprint density at radius 2 is 1.64 bits per heavy atom. The monoisotopic (exact) mass is 337 g/mol. The van der Waals surface area contributed by atoms with Gasteiger partial charge in [0.1, 0.15) is 0 Å². The van der Waals surface area contributed by atoms with Gasteiger partial charge in [0.25, 0.3) is 5.56 Å². The molecule has 1 aromatic heterocycles. The Morgan fingerprint density at radius 3 is 2.24 bits per heavy atom. The van der Waals surface area contributed by atoms with Crippen LogP contribution in [0.25, 0.3) is 11.1 Å². The largest absolute Gasteiger partial charge is 0.328 e. The summed E-state index contributed by atoms with van der Waals surface area (Å²) in [5.74, 6) is 0. The SMILES string of the molecule is Cc1cc(-c2c[nH]c(=O)c(C)c2)ccc1C1(N2CCN(C)CC2)CC1. The predicted molar refractivity (Wildman–Crippen MR) is 102 cm³/mol. The number of aromatic nitrogens is 1. The average molecular weight is 337 g/mol. The van der Waals surface area contributed by atoms with E-state index in [9.17, 15) is 4.79 Å². The summed E-state index contributed by atoms with van der Waals surface area (Å²) < 4.78 is 0. The summed E-state index contributed by atoms with van der Waals surface area (Å²) in [5, 5.41) is 0. The lowest BCUT2D eigenvalue weighted by molar-refractivity contribution is 0.0973. The molecule has 4 rings (SSSR count). The lowest BCUT2D eigenvalue weighted by Gasteiger charge is -2.39. The zero-order valence-corrected chi connectivity index (χ0v) is 15.4. The van der Waals surface area contributed by atoms with Crippen LogP contribution in [0, 0.1) is 13.8 Å². The Kier molecular flexibility index (Phi) is 4.05. The van der Waals surface area contributed by atoms with Gasteiger partial charge in [-0.3, -0.25) is 9.69 Å². The zero-order chi connectivity index (χ0) is 17.6. The smallest absolute Gasteiger partial charge is 0.250 e. The van der Waals surface area contributed by atoms with Gasteiger partial charge in [-0.2, -0.15) is 0 Å². The van der Waals surface area contributed by atoms with Gasteiger partial charge in [0.15, 0.2) is 0 Å². The van der Waals surface area contributed by atoms with Crippen LogP contribution in [-0.2, 0) is 5.54 Å². The quantitative estimate of drug-likeness (QED) is 0.936. The summed E-state index contributed by atoms with van der Waals surface area (Å²) in [4.78, 5) is 19.5. The molecule has 25 heavy (non-hydrogen) atoms. The molecule has 1 saturated carbocycles. The highest BCUT2D eigenvalue weighted by molar-refractivity contribution is 5.65. The van der Waals surface area contributed by atoms with Crippen molar-refractivity contribution in [3.8, 4) is 11.1 Å². The summed E-state index contributed by atoms with van der Waals surface area (Å²) in [6.07, 6.45) is 4.36. The number of rotatable bonds is 3. The van der Waals surface area contributed by atoms with Crippen LogP contribution in [0.1, 0.15) is 29.5 Å². The van der Waals surface area contributed by atoms with Crippen LogP contribution in [0.3, 0.4) is 0 Å². The minimum Gasteiger partial charge on any atom is -0.328 e. The molecule has 0 unspecified atom stereocenters. The molecule has 4 nitrogen and oxygen atoms in total. The number of piperazine rings is 1. The normalized spacial score (nSPS) is 20.6. The molecule has 2 aromatic rings. The second-order valence-corrected chi connectivity index (χ2v) is 7.75. The topological polar surface area (TPSA) is 39.3 Å². The summed E-state index contributed by atoms with van der Waals surface area (Å²) >= 11 is 0. The first kappa shape index (κ1) is 16.6. The Bertz CT molecular complexity index is 842. The number of H-pyrrole nitrogens is 1. The lowest BCUT2D eigenvalue weighted by atomic mass is 9.93. The molecule has 132 valence electrons. The molecule has 2 fully saturated rings. The van der Waals surface area contributed by atoms with Gasteiger partial charge < -0.3 is 9.88 Å². The number of hydrogen-bond donors (Lipinski definition) is 1. The molecule has 0 amide bonds. The van der Waals surface area contributed by atoms with Gasteiger partial charge in [-0.15, -0.1) is 0 Å². The Morgan fingerprint density at radius 1 is 0.960 bits per heavy atom. The van der Waals surface area contributed by atoms with Crippen LogP contribution in [0.5, 0.6) is 0 Å². The van der Waals surface area contributed by atoms with Gasteiger partial charge in [0.2, 0.25) is 0 Å². The molecule has 0 spiro atoms. The van der Waals surface area contributed by atoms with E-state index < -0.39 is 0 Å². The molecule has 0 bridgehead atoms. The van der Waals surface area contributed by atoms with E-state index in [2.05, 4.69) is 47.0 Å². The van der Waals surface area contributed by atoms with Crippen LogP contribution in [0.4, 0.5) is 0 Å². The van der Waals surface area contributed by atoms with Crippen LogP contribution in [0.2, 0.25) is 0 Å². The second-order valence-electron chi connectivity index (χ2n) is 7.75. The Balaban J connectivity index is 1.64. The van der Waals surface area contributed by atoms with Gasteiger partial charge in [0.05, 0.1) is 0 Å². The highest BCUT2D eigenvalue weighted by Gasteiger charge is 2.50. The number of pyridine rings is 1. The molecule has 0 atom stereocenters. The summed E-state index contributed by atoms with van der Waals surface area (Å²) in [7, 11) is 2.21. The molecular formula is C21H27N3O. The molecule has 1 aliphatic carbocycles. The third-order valence-electron chi connectivity index (χ3n) is 5.98. The van der Waals surface area contributed by atoms with E-state index in [0.29, 0.717) is 0 Å². The maximum atomic E-state index is 11.6. The first-order valence-corrected chi connectivity index (χ1v) is 9.24. The summed E-state index contributed by atoms with van der Waals surface area (Å²) in [6.45, 7) is 8.74. The van der Waals surface area contributed by atoms with Gasteiger partial charge in [-0.1, -0.05) is 18.2 Å². The Labute approximate surface area is 149 Å². The molecule has 1 aromatic carbocycles. The van der Waals surface area contributed by atoms with Crippen molar-refractivity contribution in [1.29, 1.82) is 0 Å². The highest BCUT2D eigenvalue weighted by atomic mass is 16.1. The third kappa shape index (κ3) is 2.94. The summed E-state index contributed by atoms with van der Waals surface area (Å²) in [6, 6.07) is 8.78. The van der Waals surface area contributed by atoms with Crippen molar-refractivity contribution in [2.24, 2.45) is 0 Å². The molecule has 0 radical (unpaired) electrons. The number of benzene rings is 1. The number of likely N-dealkylation sites (N-methyl/N-ethyl adjacent to an activating group) is 1. The minimum absolute atomic E-state index is 0.0101. The van der Waals surface area contributed by atoms with Crippen LogP contribution in [-0.4, -0.2) is 48.0 Å². The maximum absolute atomic E-state index is 11.6. The molecule has 1 N–H and O–H groups in total. The number of aryl methyl sites for hydroxylation is 2. The van der Waals surface area contributed by atoms with Crippen molar-refractivity contribution in [2.45, 2.75) is 32.2 Å². The predicted octanol–water partition coefficient (Wildman–Crippen LogP) is 2.90. The van der Waals surface area contributed by atoms with Crippen molar-refractivity contribution < 1.29 is 0 Å². The molecule has 2 aliphatic rings. The van der Waals surface area contributed by atoms with Gasteiger partial charge in [-0.05, 0) is 62.1 Å². The van der Waals surface area contributed by atoms with Crippen molar-refractivity contribution in [2.75, 3.05) is 33.2 Å². The number of nitrogens with zero attached hydrogens (tertiary/aromatic N) is 2. The van der Waals surface area contributed by atoms with E-state index in [-0.39, 0.29) is 11.1 Å². The van der Waals surface area contributed by atoms with E-state index in [1.807, 2.05) is 19.2 Å². The molecule has 2 heterocycles. The number of hydrogen-bond acceptors (Lipinski definition) is 3. The van der Waals surface area contributed by atoms with Crippen LogP contribution in [0.15, 0.2) is 35.3 Å². The van der Waals surface area contributed by atoms with Gasteiger partial charge in [0, 0.05) is 43.5 Å². The molecule has 4 heteroatoms. The van der Waals surface area contributed by atoms with E-state index in [1.54, 1.807) is 0 Å². The van der Waals surface area contributed by atoms with Crippen LogP contribution < -0.4 is 5.56 Å². The fourth-order valence-electron chi connectivity index (χ4n) is 4.24. The zero-order valence-electron chi connectivity index (χ0n) is 15.4. The first-order chi connectivity index (χ1) is 12.0. The van der Waals surface area contributed by atoms with E-state index >= 15 is 0 Å². The van der Waals surface area contributed by atoms with E-state index in [4.69, 9.17) is 0 Å². The average Bonchev–Trinajstić information content (AvgIpc) is 3.39. The highest BCUT2D eigenvalue weighted by Crippen LogP contribution is 2.52. The van der Waals surface area contributed by atoms with Crippen molar-refractivity contribution >= 4 is 0 Å². The van der Waals surface area contributed by atoms with E-state index in [0.717, 1.165) is 37.3 Å². The fourth-order valence-corrected chi connectivity index (χ4v) is 4.24. The molecule has 1 aliphatic heterocycles. The maximum Gasteiger partial charge on any atom is 0.250 e. The standard InChI is InChI=1S/C21H27N3O/c1-15-12-17(18-13-16(2)20(25)22-14-18)4-5-19(15)21(6-7-21)24-10-8-23(3)9-11-24/h4-5,12-14H,6-11H2,1-3H3,(H,22,25). The van der Waals surface area contributed by atoms with Gasteiger partial charge in [-0.25, -0.2) is 0 Å². The fraction of sp³-hybridized carbons (Fsp3) is 0.476. The number of aromatic amines is 1. The third-order valence-corrected chi connectivity index (χ3v) is 5.98. The van der Waals surface area contributed by atoms with E-state index in [1.165, 1.54) is 29.5 Å². The Hall–Kier alpha value is -1.91. The van der Waals surface area contributed by atoms with Crippen molar-refractivity contribution in [1.82, 2.24) is 14.8 Å². The van der Waals surface area contributed by atoms with Gasteiger partial charge >= 0.3 is 0 Å². The molecular weight excluding hydrogens is 310 g/mol. The second kappa shape index (κ2) is 6.11. The van der Waals surface area contributed by atoms with Crippen molar-refractivity contribution in [3.63, 3.8) is 0 Å². The first-order valence-electron chi connectivity index (χ1n) is 9.24.